The number of thiazole rings is 1. The summed E-state index contributed by atoms with van der Waals surface area (Å²) in [5.74, 6) is 1.52. The number of nitrogens with zero attached hydrogens (tertiary/aromatic N) is 3. The van der Waals surface area contributed by atoms with Crippen molar-refractivity contribution in [2.45, 2.75) is 20.0 Å². The Hall–Kier alpha value is -1.53. The van der Waals surface area contributed by atoms with Crippen molar-refractivity contribution in [2.24, 2.45) is 0 Å². The maximum absolute atomic E-state index is 5.34. The molecule has 2 heterocycles. The van der Waals surface area contributed by atoms with E-state index >= 15 is 0 Å². The summed E-state index contributed by atoms with van der Waals surface area (Å²) in [6.45, 7) is 3.06. The van der Waals surface area contributed by atoms with E-state index in [2.05, 4.69) is 20.3 Å². The molecule has 0 unspecified atom stereocenters. The fourth-order valence-corrected chi connectivity index (χ4v) is 2.16. The molecule has 0 aliphatic heterocycles. The van der Waals surface area contributed by atoms with Gasteiger partial charge in [-0.2, -0.15) is 0 Å². The number of aromatic nitrogens is 3. The van der Waals surface area contributed by atoms with Crippen LogP contribution in [0.4, 0.5) is 5.82 Å². The van der Waals surface area contributed by atoms with Gasteiger partial charge in [0.15, 0.2) is 5.82 Å². The molecule has 0 aliphatic carbocycles. The van der Waals surface area contributed by atoms with Gasteiger partial charge in [0.05, 0.1) is 10.7 Å². The normalized spacial score (nSPS) is 10.6. The lowest BCUT2D eigenvalue weighted by Crippen LogP contribution is -2.06. The lowest BCUT2D eigenvalue weighted by Gasteiger charge is -2.07. The van der Waals surface area contributed by atoms with E-state index in [1.807, 2.05) is 25.4 Å². The van der Waals surface area contributed by atoms with Crippen LogP contribution in [0.15, 0.2) is 17.6 Å². The lowest BCUT2D eigenvalue weighted by molar-refractivity contribution is 0.128. The van der Waals surface area contributed by atoms with Crippen LogP contribution in [-0.2, 0) is 17.8 Å². The zero-order valence-corrected chi connectivity index (χ0v) is 11.3. The minimum atomic E-state index is 0.441. The van der Waals surface area contributed by atoms with E-state index in [4.69, 9.17) is 4.74 Å². The first-order valence-electron chi connectivity index (χ1n) is 5.82. The van der Waals surface area contributed by atoms with Crippen molar-refractivity contribution in [1.29, 1.82) is 0 Å². The molecule has 0 fully saturated rings. The second-order valence-corrected chi connectivity index (χ2v) is 4.63. The van der Waals surface area contributed by atoms with Crippen molar-refractivity contribution in [3.63, 3.8) is 0 Å². The Kier molecular flexibility index (Phi) is 4.60. The quantitative estimate of drug-likeness (QED) is 0.865. The molecule has 0 saturated heterocycles. The monoisotopic (exact) mass is 264 g/mol. The maximum atomic E-state index is 5.34. The molecule has 0 radical (unpaired) electrons. The largest absolute Gasteiger partial charge is 0.374 e. The van der Waals surface area contributed by atoms with E-state index in [9.17, 15) is 0 Å². The van der Waals surface area contributed by atoms with Crippen LogP contribution in [0.5, 0.6) is 0 Å². The van der Waals surface area contributed by atoms with Crippen LogP contribution < -0.4 is 5.32 Å². The van der Waals surface area contributed by atoms with E-state index < -0.39 is 0 Å². The Morgan fingerprint density at radius 1 is 1.39 bits per heavy atom. The molecule has 0 amide bonds. The summed E-state index contributed by atoms with van der Waals surface area (Å²) in [7, 11) is 1.85. The van der Waals surface area contributed by atoms with E-state index in [-0.39, 0.29) is 0 Å². The summed E-state index contributed by atoms with van der Waals surface area (Å²) >= 11 is 1.63. The van der Waals surface area contributed by atoms with Gasteiger partial charge >= 0.3 is 0 Å². The highest BCUT2D eigenvalue weighted by Gasteiger charge is 2.06. The molecule has 1 N–H and O–H groups in total. The Morgan fingerprint density at radius 3 is 2.94 bits per heavy atom. The van der Waals surface area contributed by atoms with Gasteiger partial charge in [-0.3, -0.25) is 0 Å². The first-order chi connectivity index (χ1) is 8.81. The first kappa shape index (κ1) is 12.9. The standard InChI is InChI=1S/C12H16N4OS/c1-3-17-8-11-15-9(6-10(13-2)16-11)7-12-14-4-5-18-12/h4-6H,3,7-8H2,1-2H3,(H,13,15,16). The number of nitrogens with one attached hydrogen (secondary N) is 1. The first-order valence-corrected chi connectivity index (χ1v) is 6.70. The molecular weight excluding hydrogens is 248 g/mol. The number of hydrogen-bond donors (Lipinski definition) is 1. The average molecular weight is 264 g/mol. The van der Waals surface area contributed by atoms with Crippen molar-refractivity contribution in [3.05, 3.63) is 34.2 Å². The van der Waals surface area contributed by atoms with E-state index in [1.165, 1.54) is 0 Å². The predicted molar refractivity (Wildman–Crippen MR) is 71.8 cm³/mol. The topological polar surface area (TPSA) is 59.9 Å². The minimum absolute atomic E-state index is 0.441. The summed E-state index contributed by atoms with van der Waals surface area (Å²) in [6.07, 6.45) is 2.54. The molecule has 0 aromatic carbocycles. The Balaban J connectivity index is 2.17. The summed E-state index contributed by atoms with van der Waals surface area (Å²) < 4.78 is 5.34. The molecule has 0 atom stereocenters. The van der Waals surface area contributed by atoms with Gasteiger partial charge in [-0.05, 0) is 6.92 Å². The number of hydrogen-bond acceptors (Lipinski definition) is 6. The molecule has 0 bridgehead atoms. The number of ether oxygens (including phenoxy) is 1. The Morgan fingerprint density at radius 2 is 2.28 bits per heavy atom. The van der Waals surface area contributed by atoms with Crippen LogP contribution in [0.2, 0.25) is 0 Å². The molecule has 5 nitrogen and oxygen atoms in total. The second kappa shape index (κ2) is 6.42. The number of anilines is 1. The Bertz CT molecular complexity index is 487. The third-order valence-electron chi connectivity index (χ3n) is 2.33. The molecule has 2 aromatic heterocycles. The van der Waals surface area contributed by atoms with Crippen molar-refractivity contribution in [2.75, 3.05) is 19.0 Å². The second-order valence-electron chi connectivity index (χ2n) is 3.65. The van der Waals surface area contributed by atoms with Crippen molar-refractivity contribution < 1.29 is 4.74 Å². The molecule has 0 aliphatic rings. The van der Waals surface area contributed by atoms with Crippen LogP contribution in [0.3, 0.4) is 0 Å². The van der Waals surface area contributed by atoms with Crippen LogP contribution in [-0.4, -0.2) is 28.6 Å². The van der Waals surface area contributed by atoms with Crippen LogP contribution in [0.25, 0.3) is 0 Å². The summed E-state index contributed by atoms with van der Waals surface area (Å²) in [5.41, 5.74) is 0.957. The zero-order chi connectivity index (χ0) is 12.8. The predicted octanol–water partition coefficient (Wildman–Crippen LogP) is 2.10. The van der Waals surface area contributed by atoms with Gasteiger partial charge < -0.3 is 10.1 Å². The average Bonchev–Trinajstić information content (AvgIpc) is 2.89. The van der Waals surface area contributed by atoms with Gasteiger partial charge in [-0.25, -0.2) is 15.0 Å². The maximum Gasteiger partial charge on any atom is 0.156 e. The van der Waals surface area contributed by atoms with Crippen LogP contribution >= 0.6 is 11.3 Å². The van der Waals surface area contributed by atoms with E-state index in [0.717, 1.165) is 22.9 Å². The SMILES string of the molecule is CCOCc1nc(Cc2nccs2)cc(NC)n1. The van der Waals surface area contributed by atoms with Gasteiger partial charge in [0.2, 0.25) is 0 Å². The molecule has 0 spiro atoms. The third kappa shape index (κ3) is 3.48. The summed E-state index contributed by atoms with van der Waals surface area (Å²) in [5, 5.41) is 6.06. The molecule has 0 saturated carbocycles. The fraction of sp³-hybridized carbons (Fsp3) is 0.417. The smallest absolute Gasteiger partial charge is 0.156 e. The highest BCUT2D eigenvalue weighted by atomic mass is 32.1. The van der Waals surface area contributed by atoms with E-state index in [0.29, 0.717) is 19.0 Å². The molecule has 2 aromatic rings. The lowest BCUT2D eigenvalue weighted by atomic mass is 10.3. The van der Waals surface area contributed by atoms with Gasteiger partial charge in [0.1, 0.15) is 12.4 Å². The van der Waals surface area contributed by atoms with Gasteiger partial charge in [0.25, 0.3) is 0 Å². The fourth-order valence-electron chi connectivity index (χ4n) is 1.52. The molecule has 6 heteroatoms. The van der Waals surface area contributed by atoms with Gasteiger partial charge in [-0.1, -0.05) is 0 Å². The van der Waals surface area contributed by atoms with Crippen LogP contribution in [0.1, 0.15) is 23.4 Å². The summed E-state index contributed by atoms with van der Waals surface area (Å²) in [6, 6.07) is 1.94. The molecule has 18 heavy (non-hydrogen) atoms. The van der Waals surface area contributed by atoms with E-state index in [1.54, 1.807) is 17.5 Å². The number of rotatable bonds is 6. The molecular formula is C12H16N4OS. The molecule has 96 valence electrons. The van der Waals surface area contributed by atoms with Gasteiger partial charge in [0, 0.05) is 37.7 Å². The van der Waals surface area contributed by atoms with Crippen LogP contribution in [0, 0.1) is 0 Å². The highest BCUT2D eigenvalue weighted by molar-refractivity contribution is 7.09. The van der Waals surface area contributed by atoms with Crippen molar-refractivity contribution >= 4 is 17.2 Å². The highest BCUT2D eigenvalue weighted by Crippen LogP contribution is 2.13. The summed E-state index contributed by atoms with van der Waals surface area (Å²) in [4.78, 5) is 13.1. The minimum Gasteiger partial charge on any atom is -0.374 e. The molecule has 2 rings (SSSR count). The van der Waals surface area contributed by atoms with Gasteiger partial charge in [-0.15, -0.1) is 11.3 Å². The van der Waals surface area contributed by atoms with Crippen molar-refractivity contribution in [1.82, 2.24) is 15.0 Å². The van der Waals surface area contributed by atoms with Crippen molar-refractivity contribution in [3.8, 4) is 0 Å². The zero-order valence-electron chi connectivity index (χ0n) is 10.5. The Labute approximate surface area is 110 Å². The third-order valence-corrected chi connectivity index (χ3v) is 3.11.